The van der Waals surface area contributed by atoms with Crippen LogP contribution in [0.4, 0.5) is 0 Å². The SMILES string of the molecule is C=CCC(N)C(=O)NCCC1CCCCO1. The maximum atomic E-state index is 11.4. The monoisotopic (exact) mass is 226 g/mol. The van der Waals surface area contributed by atoms with Crippen molar-refractivity contribution in [2.24, 2.45) is 5.73 Å². The molecule has 0 bridgehead atoms. The van der Waals surface area contributed by atoms with E-state index in [2.05, 4.69) is 11.9 Å². The van der Waals surface area contributed by atoms with Gasteiger partial charge in [-0.3, -0.25) is 4.79 Å². The lowest BCUT2D eigenvalue weighted by molar-refractivity contribution is -0.122. The van der Waals surface area contributed by atoms with Gasteiger partial charge in [0.15, 0.2) is 0 Å². The molecule has 0 aromatic heterocycles. The fourth-order valence-corrected chi connectivity index (χ4v) is 1.81. The Kier molecular flexibility index (Phi) is 6.11. The van der Waals surface area contributed by atoms with E-state index >= 15 is 0 Å². The summed E-state index contributed by atoms with van der Waals surface area (Å²) in [5, 5.41) is 2.82. The van der Waals surface area contributed by atoms with Crippen molar-refractivity contribution in [1.29, 1.82) is 0 Å². The van der Waals surface area contributed by atoms with Gasteiger partial charge in [0.05, 0.1) is 12.1 Å². The molecule has 1 aliphatic heterocycles. The van der Waals surface area contributed by atoms with Crippen LogP contribution < -0.4 is 11.1 Å². The molecule has 1 heterocycles. The van der Waals surface area contributed by atoms with E-state index in [0.717, 1.165) is 25.9 Å². The third-order valence-corrected chi connectivity index (χ3v) is 2.80. The number of ether oxygens (including phenoxy) is 1. The van der Waals surface area contributed by atoms with Gasteiger partial charge in [-0.15, -0.1) is 6.58 Å². The van der Waals surface area contributed by atoms with E-state index < -0.39 is 6.04 Å². The van der Waals surface area contributed by atoms with Crippen molar-refractivity contribution in [2.75, 3.05) is 13.2 Å². The molecule has 0 radical (unpaired) electrons. The largest absolute Gasteiger partial charge is 0.378 e. The molecule has 16 heavy (non-hydrogen) atoms. The first-order valence-electron chi connectivity index (χ1n) is 6.00. The number of carbonyl (C=O) groups excluding carboxylic acids is 1. The molecule has 1 amide bonds. The number of amides is 1. The molecule has 0 spiro atoms. The Morgan fingerprint density at radius 2 is 2.44 bits per heavy atom. The summed E-state index contributed by atoms with van der Waals surface area (Å²) < 4.78 is 5.57. The van der Waals surface area contributed by atoms with Crippen LogP contribution in [0, 0.1) is 0 Å². The second-order valence-corrected chi connectivity index (χ2v) is 4.20. The Bertz CT molecular complexity index is 225. The summed E-state index contributed by atoms with van der Waals surface area (Å²) in [4.78, 5) is 11.4. The van der Waals surface area contributed by atoms with Crippen LogP contribution >= 0.6 is 0 Å². The minimum atomic E-state index is -0.468. The number of hydrogen-bond acceptors (Lipinski definition) is 3. The average Bonchev–Trinajstić information content (AvgIpc) is 2.30. The fourth-order valence-electron chi connectivity index (χ4n) is 1.81. The normalized spacial score (nSPS) is 22.4. The third-order valence-electron chi connectivity index (χ3n) is 2.80. The molecule has 1 fully saturated rings. The standard InChI is InChI=1S/C12H22N2O2/c1-2-5-11(13)12(15)14-8-7-10-6-3-4-9-16-10/h2,10-11H,1,3-9,13H2,(H,14,15). The lowest BCUT2D eigenvalue weighted by Crippen LogP contribution is -2.41. The third kappa shape index (κ3) is 4.77. The van der Waals surface area contributed by atoms with Gasteiger partial charge in [-0.2, -0.15) is 0 Å². The predicted molar refractivity (Wildman–Crippen MR) is 64.0 cm³/mol. The first kappa shape index (κ1) is 13.2. The van der Waals surface area contributed by atoms with Crippen molar-refractivity contribution in [1.82, 2.24) is 5.32 Å². The summed E-state index contributed by atoms with van der Waals surface area (Å²) in [5.41, 5.74) is 5.63. The van der Waals surface area contributed by atoms with Crippen molar-refractivity contribution in [3.05, 3.63) is 12.7 Å². The maximum absolute atomic E-state index is 11.4. The highest BCUT2D eigenvalue weighted by Gasteiger charge is 2.15. The molecule has 4 nitrogen and oxygen atoms in total. The summed E-state index contributed by atoms with van der Waals surface area (Å²) >= 11 is 0. The molecule has 0 aromatic rings. The number of nitrogens with two attached hydrogens (primary N) is 1. The van der Waals surface area contributed by atoms with Gasteiger partial charge in [-0.25, -0.2) is 0 Å². The molecule has 2 unspecified atom stereocenters. The fraction of sp³-hybridized carbons (Fsp3) is 0.750. The highest BCUT2D eigenvalue weighted by Crippen LogP contribution is 2.14. The van der Waals surface area contributed by atoms with Crippen LogP contribution in [0.1, 0.15) is 32.1 Å². The van der Waals surface area contributed by atoms with Gasteiger partial charge in [0, 0.05) is 13.2 Å². The first-order chi connectivity index (χ1) is 7.74. The van der Waals surface area contributed by atoms with Crippen molar-refractivity contribution in [3.8, 4) is 0 Å². The average molecular weight is 226 g/mol. The van der Waals surface area contributed by atoms with Gasteiger partial charge in [0.25, 0.3) is 0 Å². The Balaban J connectivity index is 2.09. The summed E-state index contributed by atoms with van der Waals surface area (Å²) in [6.45, 7) is 5.06. The van der Waals surface area contributed by atoms with Crippen molar-refractivity contribution >= 4 is 5.91 Å². The van der Waals surface area contributed by atoms with Crippen LogP contribution in [0.15, 0.2) is 12.7 Å². The maximum Gasteiger partial charge on any atom is 0.237 e. The Morgan fingerprint density at radius 3 is 3.06 bits per heavy atom. The van der Waals surface area contributed by atoms with Gasteiger partial charge in [-0.05, 0) is 32.1 Å². The van der Waals surface area contributed by atoms with E-state index in [1.807, 2.05) is 0 Å². The van der Waals surface area contributed by atoms with Gasteiger partial charge < -0.3 is 15.8 Å². The molecule has 1 rings (SSSR count). The van der Waals surface area contributed by atoms with E-state index in [1.165, 1.54) is 6.42 Å². The number of nitrogens with one attached hydrogen (secondary N) is 1. The van der Waals surface area contributed by atoms with Crippen LogP contribution in [-0.4, -0.2) is 31.2 Å². The Labute approximate surface area is 97.2 Å². The van der Waals surface area contributed by atoms with Crippen LogP contribution in [0.5, 0.6) is 0 Å². The predicted octanol–water partition coefficient (Wildman–Crippen LogP) is 0.965. The quantitative estimate of drug-likeness (QED) is 0.663. The first-order valence-corrected chi connectivity index (χ1v) is 6.00. The van der Waals surface area contributed by atoms with E-state index in [1.54, 1.807) is 6.08 Å². The summed E-state index contributed by atoms with van der Waals surface area (Å²) in [6, 6.07) is -0.468. The topological polar surface area (TPSA) is 64.4 Å². The number of rotatable bonds is 6. The van der Waals surface area contributed by atoms with Gasteiger partial charge in [-0.1, -0.05) is 6.08 Å². The van der Waals surface area contributed by atoms with E-state index in [9.17, 15) is 4.79 Å². The van der Waals surface area contributed by atoms with Gasteiger partial charge in [0.1, 0.15) is 0 Å². The lowest BCUT2D eigenvalue weighted by atomic mass is 10.1. The molecular weight excluding hydrogens is 204 g/mol. The lowest BCUT2D eigenvalue weighted by Gasteiger charge is -2.22. The second kappa shape index (κ2) is 7.41. The van der Waals surface area contributed by atoms with E-state index in [0.29, 0.717) is 19.1 Å². The number of carbonyl (C=O) groups is 1. The molecule has 0 aliphatic carbocycles. The molecular formula is C12H22N2O2. The summed E-state index contributed by atoms with van der Waals surface area (Å²) in [7, 11) is 0. The van der Waals surface area contributed by atoms with Gasteiger partial charge in [0.2, 0.25) is 5.91 Å². The molecule has 1 saturated heterocycles. The van der Waals surface area contributed by atoms with Gasteiger partial charge >= 0.3 is 0 Å². The highest BCUT2D eigenvalue weighted by atomic mass is 16.5. The van der Waals surface area contributed by atoms with E-state index in [-0.39, 0.29) is 5.91 Å². The zero-order valence-corrected chi connectivity index (χ0v) is 9.78. The van der Waals surface area contributed by atoms with Crippen LogP contribution in [0.25, 0.3) is 0 Å². The molecule has 0 saturated carbocycles. The van der Waals surface area contributed by atoms with Crippen LogP contribution in [0.3, 0.4) is 0 Å². The Morgan fingerprint density at radius 1 is 1.62 bits per heavy atom. The molecule has 92 valence electrons. The summed E-state index contributed by atoms with van der Waals surface area (Å²) in [5.74, 6) is -0.101. The second-order valence-electron chi connectivity index (χ2n) is 4.20. The van der Waals surface area contributed by atoms with Crippen LogP contribution in [0.2, 0.25) is 0 Å². The molecule has 2 atom stereocenters. The Hall–Kier alpha value is -0.870. The van der Waals surface area contributed by atoms with Crippen molar-refractivity contribution in [3.63, 3.8) is 0 Å². The molecule has 1 aliphatic rings. The van der Waals surface area contributed by atoms with E-state index in [4.69, 9.17) is 10.5 Å². The summed E-state index contributed by atoms with van der Waals surface area (Å²) in [6.07, 6.45) is 6.87. The highest BCUT2D eigenvalue weighted by molar-refractivity contribution is 5.81. The minimum Gasteiger partial charge on any atom is -0.378 e. The zero-order chi connectivity index (χ0) is 11.8. The number of hydrogen-bond donors (Lipinski definition) is 2. The van der Waals surface area contributed by atoms with Crippen molar-refractivity contribution in [2.45, 2.75) is 44.2 Å². The minimum absolute atomic E-state index is 0.101. The molecule has 4 heteroatoms. The zero-order valence-electron chi connectivity index (χ0n) is 9.78. The van der Waals surface area contributed by atoms with Crippen LogP contribution in [-0.2, 0) is 9.53 Å². The molecule has 0 aromatic carbocycles. The smallest absolute Gasteiger partial charge is 0.237 e. The molecule has 3 N–H and O–H groups in total. The van der Waals surface area contributed by atoms with Crippen molar-refractivity contribution < 1.29 is 9.53 Å².